The molecular weight excluding hydrogens is 318 g/mol. The first-order chi connectivity index (χ1) is 10.3. The molecule has 114 valence electrons. The molecule has 4 nitrogen and oxygen atoms in total. The van der Waals surface area contributed by atoms with Gasteiger partial charge in [-0.2, -0.15) is 0 Å². The molecule has 0 fully saturated rings. The summed E-state index contributed by atoms with van der Waals surface area (Å²) in [6.45, 7) is 6.40. The summed E-state index contributed by atoms with van der Waals surface area (Å²) in [4.78, 5) is 24.1. The highest BCUT2D eigenvalue weighted by Crippen LogP contribution is 2.30. The van der Waals surface area contributed by atoms with Gasteiger partial charge in [-0.1, -0.05) is 44.2 Å². The number of thiazole rings is 1. The minimum atomic E-state index is -0.963. The minimum Gasteiger partial charge on any atom is -0.477 e. The van der Waals surface area contributed by atoms with Gasteiger partial charge in [0.2, 0.25) is 0 Å². The first kappa shape index (κ1) is 15.0. The number of carbonyl (C=O) groups is 1. The van der Waals surface area contributed by atoms with Gasteiger partial charge in [-0.25, -0.2) is 4.79 Å². The summed E-state index contributed by atoms with van der Waals surface area (Å²) in [6, 6.07) is 9.41. The Morgan fingerprint density at radius 3 is 2.32 bits per heavy atom. The van der Waals surface area contributed by atoms with E-state index >= 15 is 0 Å². The van der Waals surface area contributed by atoms with Crippen molar-refractivity contribution in [1.29, 1.82) is 0 Å². The Morgan fingerprint density at radius 1 is 1.14 bits per heavy atom. The molecule has 0 aliphatic carbocycles. The van der Waals surface area contributed by atoms with Gasteiger partial charge in [0.05, 0.1) is 10.4 Å². The van der Waals surface area contributed by atoms with Crippen molar-refractivity contribution in [3.8, 4) is 5.69 Å². The predicted octanol–water partition coefficient (Wildman–Crippen LogP) is 4.11. The lowest BCUT2D eigenvalue weighted by atomic mass is 9.87. The molecular formula is C16H15NO3S2. The van der Waals surface area contributed by atoms with Crippen LogP contribution in [0.15, 0.2) is 35.1 Å². The first-order valence-corrected chi connectivity index (χ1v) is 8.40. The van der Waals surface area contributed by atoms with Gasteiger partial charge in [-0.15, -0.1) is 11.3 Å². The summed E-state index contributed by atoms with van der Waals surface area (Å²) in [5.74, 6) is -0.963. The highest BCUT2D eigenvalue weighted by Gasteiger charge is 2.17. The maximum absolute atomic E-state index is 12.2. The Bertz CT molecular complexity index is 908. The van der Waals surface area contributed by atoms with E-state index in [0.717, 1.165) is 28.4 Å². The lowest BCUT2D eigenvalue weighted by Gasteiger charge is -2.19. The number of hydrogen-bond donors (Lipinski definition) is 1. The van der Waals surface area contributed by atoms with E-state index in [1.807, 2.05) is 24.3 Å². The third-order valence-electron chi connectivity index (χ3n) is 3.46. The van der Waals surface area contributed by atoms with Gasteiger partial charge in [-0.3, -0.25) is 9.36 Å². The molecule has 0 atom stereocenters. The van der Waals surface area contributed by atoms with Crippen LogP contribution in [0, 0.1) is 0 Å². The van der Waals surface area contributed by atoms with E-state index in [2.05, 4.69) is 20.8 Å². The highest BCUT2D eigenvalue weighted by atomic mass is 32.1. The van der Waals surface area contributed by atoms with Crippen LogP contribution in [0.2, 0.25) is 0 Å². The van der Waals surface area contributed by atoms with Crippen LogP contribution in [0.4, 0.5) is 0 Å². The average Bonchev–Trinajstić information content (AvgIpc) is 2.94. The van der Waals surface area contributed by atoms with Crippen molar-refractivity contribution >= 4 is 38.2 Å². The third-order valence-corrected chi connectivity index (χ3v) is 5.59. The number of carboxylic acid groups (broad SMARTS) is 1. The molecule has 0 radical (unpaired) electrons. The molecule has 3 aromatic rings. The van der Waals surface area contributed by atoms with Crippen molar-refractivity contribution in [2.24, 2.45) is 0 Å². The zero-order valence-corrected chi connectivity index (χ0v) is 14.0. The number of rotatable bonds is 2. The number of aromatic carboxylic acids is 1. The maximum Gasteiger partial charge on any atom is 0.345 e. The quantitative estimate of drug-likeness (QED) is 0.768. The molecule has 22 heavy (non-hydrogen) atoms. The zero-order valence-electron chi connectivity index (χ0n) is 12.4. The van der Waals surface area contributed by atoms with E-state index in [9.17, 15) is 9.59 Å². The molecule has 1 N–H and O–H groups in total. The number of thiophene rings is 1. The van der Waals surface area contributed by atoms with E-state index in [0.29, 0.717) is 9.53 Å². The first-order valence-electron chi connectivity index (χ1n) is 6.77. The van der Waals surface area contributed by atoms with Gasteiger partial charge in [0.15, 0.2) is 0 Å². The van der Waals surface area contributed by atoms with E-state index in [-0.39, 0.29) is 15.2 Å². The molecule has 6 heteroatoms. The summed E-state index contributed by atoms with van der Waals surface area (Å²) >= 11 is 2.21. The van der Waals surface area contributed by atoms with Crippen LogP contribution in [0.5, 0.6) is 0 Å². The second-order valence-corrected chi connectivity index (χ2v) is 8.11. The van der Waals surface area contributed by atoms with Gasteiger partial charge < -0.3 is 5.11 Å². The van der Waals surface area contributed by atoms with Crippen molar-refractivity contribution in [3.63, 3.8) is 0 Å². The molecule has 0 saturated heterocycles. The second kappa shape index (κ2) is 5.07. The average molecular weight is 333 g/mol. The van der Waals surface area contributed by atoms with Crippen molar-refractivity contribution in [2.75, 3.05) is 0 Å². The monoisotopic (exact) mass is 333 g/mol. The number of nitrogens with zero attached hydrogens (tertiary/aromatic N) is 1. The molecule has 3 rings (SSSR count). The van der Waals surface area contributed by atoms with Gasteiger partial charge >= 0.3 is 10.8 Å². The van der Waals surface area contributed by atoms with Crippen LogP contribution in [0.1, 0.15) is 36.0 Å². The van der Waals surface area contributed by atoms with Crippen molar-refractivity contribution in [1.82, 2.24) is 4.57 Å². The summed E-state index contributed by atoms with van der Waals surface area (Å²) in [5, 5.41) is 9.09. The van der Waals surface area contributed by atoms with Gasteiger partial charge in [-0.05, 0) is 29.2 Å². The number of aromatic nitrogens is 1. The van der Waals surface area contributed by atoms with E-state index in [1.54, 1.807) is 10.6 Å². The van der Waals surface area contributed by atoms with Crippen molar-refractivity contribution in [2.45, 2.75) is 26.2 Å². The second-order valence-electron chi connectivity index (χ2n) is 6.09. The lowest BCUT2D eigenvalue weighted by molar-refractivity contribution is 0.0702. The van der Waals surface area contributed by atoms with Crippen molar-refractivity contribution < 1.29 is 9.90 Å². The highest BCUT2D eigenvalue weighted by molar-refractivity contribution is 7.27. The topological polar surface area (TPSA) is 59.3 Å². The normalized spacial score (nSPS) is 12.0. The van der Waals surface area contributed by atoms with Crippen LogP contribution < -0.4 is 4.87 Å². The van der Waals surface area contributed by atoms with Gasteiger partial charge in [0, 0.05) is 0 Å². The Balaban J connectivity index is 2.15. The SMILES string of the molecule is CC(C)(C)c1ccc(-n2c(=O)sc3cc(C(=O)O)sc32)cc1. The predicted molar refractivity (Wildman–Crippen MR) is 91.0 cm³/mol. The molecule has 0 saturated carbocycles. The molecule has 2 aromatic heterocycles. The third kappa shape index (κ3) is 2.48. The van der Waals surface area contributed by atoms with E-state index in [1.165, 1.54) is 5.56 Å². The van der Waals surface area contributed by atoms with Crippen LogP contribution >= 0.6 is 22.7 Å². The summed E-state index contributed by atoms with van der Waals surface area (Å²) in [7, 11) is 0. The molecule has 0 unspecified atom stereocenters. The van der Waals surface area contributed by atoms with Crippen molar-refractivity contribution in [3.05, 3.63) is 50.4 Å². The Morgan fingerprint density at radius 2 is 1.77 bits per heavy atom. The molecule has 0 spiro atoms. The van der Waals surface area contributed by atoms with Crippen LogP contribution in [0.3, 0.4) is 0 Å². The molecule has 0 aliphatic rings. The fourth-order valence-corrected chi connectivity index (χ4v) is 4.38. The van der Waals surface area contributed by atoms with Gasteiger partial charge in [0.1, 0.15) is 9.71 Å². The van der Waals surface area contributed by atoms with E-state index < -0.39 is 5.97 Å². The van der Waals surface area contributed by atoms with Crippen LogP contribution in [-0.4, -0.2) is 15.6 Å². The van der Waals surface area contributed by atoms with Crippen LogP contribution in [-0.2, 0) is 5.41 Å². The standard InChI is InChI=1S/C16H15NO3S2/c1-16(2,3)9-4-6-10(7-5-9)17-13-11(22-15(17)20)8-12(21-13)14(18)19/h4-8H,1-3H3,(H,18,19). The minimum absolute atomic E-state index is 0.0485. The fraction of sp³-hybridized carbons (Fsp3) is 0.250. The van der Waals surface area contributed by atoms with Crippen LogP contribution in [0.25, 0.3) is 15.2 Å². The summed E-state index contributed by atoms with van der Waals surface area (Å²) in [6.07, 6.45) is 0. The number of benzene rings is 1. The summed E-state index contributed by atoms with van der Waals surface area (Å²) < 4.78 is 2.30. The smallest absolute Gasteiger partial charge is 0.345 e. The number of carboxylic acids is 1. The molecule has 2 heterocycles. The maximum atomic E-state index is 12.2. The Hall–Kier alpha value is -1.92. The Kier molecular flexibility index (Phi) is 3.45. The number of hydrogen-bond acceptors (Lipinski definition) is 4. The van der Waals surface area contributed by atoms with Gasteiger partial charge in [0.25, 0.3) is 0 Å². The van der Waals surface area contributed by atoms with E-state index in [4.69, 9.17) is 5.11 Å². The molecule has 0 bridgehead atoms. The Labute approximate surface area is 135 Å². The fourth-order valence-electron chi connectivity index (χ4n) is 2.25. The zero-order chi connectivity index (χ0) is 16.1. The molecule has 1 aromatic carbocycles. The molecule has 0 amide bonds. The number of fused-ring (bicyclic) bond motifs is 1. The molecule has 0 aliphatic heterocycles. The lowest BCUT2D eigenvalue weighted by Crippen LogP contribution is -2.13. The largest absolute Gasteiger partial charge is 0.477 e. The summed E-state index contributed by atoms with van der Waals surface area (Å²) in [5.41, 5.74) is 2.00.